The molecule has 0 unspecified atom stereocenters. The number of rotatable bonds is 7. The van der Waals surface area contributed by atoms with E-state index in [2.05, 4.69) is 19.7 Å². The van der Waals surface area contributed by atoms with Crippen LogP contribution in [0.1, 0.15) is 12.7 Å². The molecule has 30 heavy (non-hydrogen) atoms. The monoisotopic (exact) mass is 463 g/mol. The van der Waals surface area contributed by atoms with Crippen LogP contribution in [-0.4, -0.2) is 51.2 Å². The molecular formula is C18H21N7O2S3. The quantitative estimate of drug-likeness (QED) is 0.331. The fourth-order valence-electron chi connectivity index (χ4n) is 3.07. The fraction of sp³-hybridized carbons (Fsp3) is 0.278. The van der Waals surface area contributed by atoms with Crippen LogP contribution in [0.2, 0.25) is 0 Å². The molecule has 0 spiro atoms. The molecule has 1 aromatic carbocycles. The van der Waals surface area contributed by atoms with Crippen LogP contribution in [0.25, 0.3) is 21.7 Å². The summed E-state index contributed by atoms with van der Waals surface area (Å²) in [6, 6.07) is 8.92. The van der Waals surface area contributed by atoms with Gasteiger partial charge in [0, 0.05) is 20.6 Å². The lowest BCUT2D eigenvalue weighted by molar-refractivity contribution is 0.521. The van der Waals surface area contributed by atoms with Crippen molar-refractivity contribution in [3.05, 3.63) is 41.5 Å². The normalized spacial score (nSPS) is 12.3. The maximum atomic E-state index is 12.4. The zero-order chi connectivity index (χ0) is 21.5. The Balaban J connectivity index is 1.63. The van der Waals surface area contributed by atoms with E-state index in [0.717, 1.165) is 16.2 Å². The minimum absolute atomic E-state index is 0.224. The number of nitrogens with zero attached hydrogens (tertiary/aromatic N) is 6. The molecular weight excluding hydrogens is 442 g/mol. The summed E-state index contributed by atoms with van der Waals surface area (Å²) in [7, 11) is -0.490. The summed E-state index contributed by atoms with van der Waals surface area (Å²) in [5, 5.41) is 10.9. The van der Waals surface area contributed by atoms with E-state index in [-0.39, 0.29) is 4.90 Å². The molecule has 0 aliphatic heterocycles. The number of thioether (sulfide) groups is 1. The molecule has 0 radical (unpaired) electrons. The van der Waals surface area contributed by atoms with Gasteiger partial charge in [0.15, 0.2) is 5.82 Å². The Labute approximate surface area is 182 Å². The number of aryl methyl sites for hydroxylation is 1. The van der Waals surface area contributed by atoms with Gasteiger partial charge in [0.2, 0.25) is 15.2 Å². The Morgan fingerprint density at radius 1 is 1.23 bits per heavy atom. The topological polar surface area (TPSA) is 112 Å². The van der Waals surface area contributed by atoms with Gasteiger partial charge in [-0.3, -0.25) is 0 Å². The third-order valence-corrected chi connectivity index (χ3v) is 8.25. The Kier molecular flexibility index (Phi) is 5.57. The molecule has 9 nitrogen and oxygen atoms in total. The van der Waals surface area contributed by atoms with Gasteiger partial charge >= 0.3 is 0 Å². The van der Waals surface area contributed by atoms with Crippen LogP contribution in [0.4, 0.5) is 0 Å². The van der Waals surface area contributed by atoms with E-state index in [4.69, 9.17) is 5.84 Å². The summed E-state index contributed by atoms with van der Waals surface area (Å²) in [6.07, 6.45) is 0. The van der Waals surface area contributed by atoms with Crippen LogP contribution in [-0.2, 0) is 22.3 Å². The number of sulfonamides is 1. The number of imidazole rings is 1. The van der Waals surface area contributed by atoms with Crippen molar-refractivity contribution in [2.75, 3.05) is 19.9 Å². The van der Waals surface area contributed by atoms with E-state index >= 15 is 0 Å². The molecule has 0 aliphatic rings. The lowest BCUT2D eigenvalue weighted by Crippen LogP contribution is -2.22. The van der Waals surface area contributed by atoms with Gasteiger partial charge in [-0.1, -0.05) is 17.8 Å². The standard InChI is InChI=1S/C18H21N7O2S3/c1-4-24-14-8-7-12(30(26,27)23(2)3)10-13(14)20-16(24)11-29-18-22-21-17(25(18)19)15-6-5-9-28-15/h5-10H,4,11,19H2,1-3H3. The molecule has 2 N–H and O–H groups in total. The molecule has 0 fully saturated rings. The predicted octanol–water partition coefficient (Wildman–Crippen LogP) is 2.63. The average molecular weight is 464 g/mol. The van der Waals surface area contributed by atoms with Crippen molar-refractivity contribution in [3.8, 4) is 10.7 Å². The number of thiophene rings is 1. The largest absolute Gasteiger partial charge is 0.335 e. The second-order valence-corrected chi connectivity index (χ2v) is 10.7. The van der Waals surface area contributed by atoms with Gasteiger partial charge in [-0.05, 0) is 36.6 Å². The molecule has 158 valence electrons. The van der Waals surface area contributed by atoms with Crippen LogP contribution >= 0.6 is 23.1 Å². The van der Waals surface area contributed by atoms with E-state index in [1.54, 1.807) is 29.5 Å². The first-order chi connectivity index (χ1) is 14.3. The van der Waals surface area contributed by atoms with Crippen LogP contribution in [0.15, 0.2) is 45.8 Å². The number of benzene rings is 1. The molecule has 0 atom stereocenters. The highest BCUT2D eigenvalue weighted by Gasteiger charge is 2.20. The zero-order valence-corrected chi connectivity index (χ0v) is 19.1. The van der Waals surface area contributed by atoms with Gasteiger partial charge in [-0.2, -0.15) is 0 Å². The third kappa shape index (κ3) is 3.60. The average Bonchev–Trinajstić information content (AvgIpc) is 3.44. The van der Waals surface area contributed by atoms with E-state index in [1.165, 1.54) is 34.8 Å². The van der Waals surface area contributed by atoms with Crippen molar-refractivity contribution in [2.24, 2.45) is 0 Å². The summed E-state index contributed by atoms with van der Waals surface area (Å²) in [4.78, 5) is 5.86. The fourth-order valence-corrected chi connectivity index (χ4v) is 5.50. The van der Waals surface area contributed by atoms with E-state index in [1.807, 2.05) is 24.4 Å². The Morgan fingerprint density at radius 3 is 2.70 bits per heavy atom. The lowest BCUT2D eigenvalue weighted by atomic mass is 10.3. The number of nitrogen functional groups attached to an aromatic ring is 1. The SMILES string of the molecule is CCn1c(CSc2nnc(-c3cccs3)n2N)nc2cc(S(=O)(=O)N(C)C)ccc21. The first-order valence-corrected chi connectivity index (χ1v) is 12.4. The molecule has 0 saturated heterocycles. The lowest BCUT2D eigenvalue weighted by Gasteiger charge is -2.11. The van der Waals surface area contributed by atoms with Gasteiger partial charge in [0.1, 0.15) is 5.82 Å². The highest BCUT2D eigenvalue weighted by molar-refractivity contribution is 7.98. The minimum atomic E-state index is -3.52. The summed E-state index contributed by atoms with van der Waals surface area (Å²) >= 11 is 2.99. The van der Waals surface area contributed by atoms with Gasteiger partial charge in [0.25, 0.3) is 0 Å². The van der Waals surface area contributed by atoms with Crippen molar-refractivity contribution in [2.45, 2.75) is 29.3 Å². The first kappa shape index (κ1) is 20.8. The smallest absolute Gasteiger partial charge is 0.242 e. The Morgan fingerprint density at radius 2 is 2.03 bits per heavy atom. The highest BCUT2D eigenvalue weighted by Crippen LogP contribution is 2.28. The maximum absolute atomic E-state index is 12.4. The van der Waals surface area contributed by atoms with Crippen LogP contribution in [0.3, 0.4) is 0 Å². The second kappa shape index (κ2) is 8.02. The van der Waals surface area contributed by atoms with Gasteiger partial charge in [-0.15, -0.1) is 21.5 Å². The second-order valence-electron chi connectivity index (χ2n) is 6.65. The van der Waals surface area contributed by atoms with E-state index in [9.17, 15) is 8.42 Å². The van der Waals surface area contributed by atoms with Crippen LogP contribution in [0.5, 0.6) is 0 Å². The molecule has 0 saturated carbocycles. The van der Waals surface area contributed by atoms with Gasteiger partial charge in [0.05, 0.1) is 26.6 Å². The molecule has 3 heterocycles. The first-order valence-electron chi connectivity index (χ1n) is 9.11. The number of aromatic nitrogens is 5. The highest BCUT2D eigenvalue weighted by atomic mass is 32.2. The number of fused-ring (bicyclic) bond motifs is 1. The third-order valence-electron chi connectivity index (χ3n) is 4.63. The summed E-state index contributed by atoms with van der Waals surface area (Å²) < 4.78 is 29.6. The van der Waals surface area contributed by atoms with E-state index < -0.39 is 10.0 Å². The van der Waals surface area contributed by atoms with Gasteiger partial charge in [-0.25, -0.2) is 22.4 Å². The summed E-state index contributed by atoms with van der Waals surface area (Å²) in [5.74, 6) is 8.14. The number of hydrogen-bond donors (Lipinski definition) is 1. The van der Waals surface area contributed by atoms with Gasteiger partial charge < -0.3 is 10.4 Å². The molecule has 4 aromatic rings. The van der Waals surface area contributed by atoms with Crippen molar-refractivity contribution in [1.82, 2.24) is 28.7 Å². The van der Waals surface area contributed by atoms with Crippen molar-refractivity contribution in [3.63, 3.8) is 0 Å². The van der Waals surface area contributed by atoms with Crippen LogP contribution < -0.4 is 5.84 Å². The van der Waals surface area contributed by atoms with Crippen molar-refractivity contribution >= 4 is 44.2 Å². The number of nitrogens with two attached hydrogens (primary N) is 1. The number of hydrogen-bond acceptors (Lipinski definition) is 8. The summed E-state index contributed by atoms with van der Waals surface area (Å²) in [6.45, 7) is 2.74. The minimum Gasteiger partial charge on any atom is -0.335 e. The molecule has 4 rings (SSSR count). The summed E-state index contributed by atoms with van der Waals surface area (Å²) in [5.41, 5.74) is 1.53. The van der Waals surface area contributed by atoms with E-state index in [0.29, 0.717) is 28.8 Å². The Hall–Kier alpha value is -2.41. The molecule has 3 aromatic heterocycles. The molecule has 0 amide bonds. The predicted molar refractivity (Wildman–Crippen MR) is 119 cm³/mol. The molecule has 0 bridgehead atoms. The molecule has 0 aliphatic carbocycles. The van der Waals surface area contributed by atoms with Crippen LogP contribution in [0, 0.1) is 0 Å². The maximum Gasteiger partial charge on any atom is 0.242 e. The van der Waals surface area contributed by atoms with Crippen molar-refractivity contribution in [1.29, 1.82) is 0 Å². The van der Waals surface area contributed by atoms with Crippen molar-refractivity contribution < 1.29 is 8.42 Å². The zero-order valence-electron chi connectivity index (χ0n) is 16.7. The Bertz CT molecular complexity index is 1290. The molecule has 12 heteroatoms.